The number of aliphatic hydroxyl groups is 1. The van der Waals surface area contributed by atoms with E-state index < -0.39 is 5.41 Å². The molecule has 2 unspecified atom stereocenters. The van der Waals surface area contributed by atoms with E-state index in [9.17, 15) is 9.90 Å². The molecule has 1 amide bonds. The lowest BCUT2D eigenvalue weighted by molar-refractivity contribution is -0.302. The Morgan fingerprint density at radius 3 is 2.34 bits per heavy atom. The van der Waals surface area contributed by atoms with Crippen molar-refractivity contribution in [2.75, 3.05) is 5.32 Å². The van der Waals surface area contributed by atoms with E-state index in [0.717, 1.165) is 62.3 Å². The Morgan fingerprint density at radius 1 is 1.00 bits per heavy atom. The molecule has 2 heterocycles. The van der Waals surface area contributed by atoms with Gasteiger partial charge < -0.3 is 10.4 Å². The van der Waals surface area contributed by atoms with Gasteiger partial charge in [-0.05, 0) is 76.6 Å². The molecule has 38 heavy (non-hydrogen) atoms. The number of benzene rings is 4. The lowest BCUT2D eigenvalue weighted by Gasteiger charge is -2.14. The van der Waals surface area contributed by atoms with E-state index in [1.807, 2.05) is 29.7 Å². The number of hydrogen-bond donors (Lipinski definition) is 2. The number of carbonyl (C=O) groups excluding carboxylic acids is 1. The number of fused-ring (bicyclic) bond motifs is 2. The zero-order chi connectivity index (χ0) is 26.0. The van der Waals surface area contributed by atoms with Crippen molar-refractivity contribution in [3.63, 3.8) is 0 Å². The molecule has 1 spiro atoms. The Bertz CT molecular complexity index is 1690. The van der Waals surface area contributed by atoms with Crippen molar-refractivity contribution in [3.05, 3.63) is 106 Å². The number of halogens is 1. The van der Waals surface area contributed by atoms with Gasteiger partial charge >= 0.3 is 0 Å². The lowest BCUT2D eigenvalue weighted by atomic mass is 9.89. The summed E-state index contributed by atoms with van der Waals surface area (Å²) in [6.07, 6.45) is 4.32. The highest BCUT2D eigenvalue weighted by Gasteiger charge is 2.65. The molecule has 0 saturated heterocycles. The van der Waals surface area contributed by atoms with Crippen molar-refractivity contribution in [1.82, 2.24) is 0 Å². The van der Waals surface area contributed by atoms with Crippen molar-refractivity contribution in [2.45, 2.75) is 31.3 Å². The van der Waals surface area contributed by atoms with Crippen molar-refractivity contribution >= 4 is 41.6 Å². The second-order valence-corrected chi connectivity index (χ2v) is 10.7. The van der Waals surface area contributed by atoms with E-state index in [4.69, 9.17) is 11.6 Å². The third kappa shape index (κ3) is 3.46. The molecular formula is C32H25ClN3O2+. The molecule has 6 heteroatoms. The van der Waals surface area contributed by atoms with Crippen LogP contribution in [-0.4, -0.2) is 28.3 Å². The SMILES string of the molecule is Cc1ccc(C2CC23C(=O)Nc2cc(Cl)c(-c4ccc(-c5ccc([N+]6=CN=C6)cc5)cc4)cc23)cc1CO. The molecule has 5 nitrogen and oxygen atoms in total. The van der Waals surface area contributed by atoms with E-state index in [2.05, 4.69) is 71.0 Å². The van der Waals surface area contributed by atoms with Crippen molar-refractivity contribution in [3.8, 4) is 22.3 Å². The van der Waals surface area contributed by atoms with Crippen LogP contribution in [-0.2, 0) is 16.8 Å². The molecule has 0 aromatic heterocycles. The van der Waals surface area contributed by atoms with E-state index in [1.54, 1.807) is 12.7 Å². The molecule has 7 rings (SSSR count). The molecule has 4 aromatic carbocycles. The number of aliphatic imine (C=N–C) groups is 1. The minimum absolute atomic E-state index is 0.00601. The predicted molar refractivity (Wildman–Crippen MR) is 152 cm³/mol. The van der Waals surface area contributed by atoms with Crippen LogP contribution in [0.4, 0.5) is 11.4 Å². The number of hydrogen-bond acceptors (Lipinski definition) is 3. The first-order valence-electron chi connectivity index (χ1n) is 12.7. The summed E-state index contributed by atoms with van der Waals surface area (Å²) in [5.74, 6) is 0.104. The van der Waals surface area contributed by atoms with E-state index in [1.165, 1.54) is 0 Å². The molecule has 2 atom stereocenters. The van der Waals surface area contributed by atoms with Gasteiger partial charge in [-0.15, -0.1) is 0 Å². The highest BCUT2D eigenvalue weighted by Crippen LogP contribution is 2.65. The number of rotatable bonds is 5. The summed E-state index contributed by atoms with van der Waals surface area (Å²) in [4.78, 5) is 17.3. The molecular weight excluding hydrogens is 494 g/mol. The smallest absolute Gasteiger partial charge is 0.235 e. The van der Waals surface area contributed by atoms with Crippen molar-refractivity contribution in [1.29, 1.82) is 0 Å². The zero-order valence-electron chi connectivity index (χ0n) is 20.8. The van der Waals surface area contributed by atoms with Crippen LogP contribution < -0.4 is 5.32 Å². The quantitative estimate of drug-likeness (QED) is 0.294. The Balaban J connectivity index is 1.20. The van der Waals surface area contributed by atoms with Gasteiger partial charge in [0.2, 0.25) is 18.6 Å². The largest absolute Gasteiger partial charge is 0.392 e. The van der Waals surface area contributed by atoms with Crippen LogP contribution in [0.3, 0.4) is 0 Å². The summed E-state index contributed by atoms with van der Waals surface area (Å²) in [7, 11) is 0. The fourth-order valence-corrected chi connectivity index (χ4v) is 6.12. The van der Waals surface area contributed by atoms with Gasteiger partial charge in [0.1, 0.15) is 5.69 Å². The maximum Gasteiger partial charge on any atom is 0.235 e. The number of nitrogens with zero attached hydrogens (tertiary/aromatic N) is 2. The van der Waals surface area contributed by atoms with Crippen LogP contribution in [0, 0.1) is 6.92 Å². The number of amides is 1. The van der Waals surface area contributed by atoms with Crippen molar-refractivity contribution in [2.24, 2.45) is 4.99 Å². The summed E-state index contributed by atoms with van der Waals surface area (Å²) in [5.41, 5.74) is 9.52. The van der Waals surface area contributed by atoms with E-state index in [-0.39, 0.29) is 18.4 Å². The second-order valence-electron chi connectivity index (χ2n) is 10.3. The fourth-order valence-electron chi connectivity index (χ4n) is 5.85. The van der Waals surface area contributed by atoms with Gasteiger partial charge in [0, 0.05) is 17.2 Å². The first-order valence-corrected chi connectivity index (χ1v) is 13.1. The normalized spacial score (nSPS) is 20.7. The van der Waals surface area contributed by atoms with Crippen LogP contribution in [0.25, 0.3) is 22.3 Å². The van der Waals surface area contributed by atoms with Crippen LogP contribution in [0.5, 0.6) is 0 Å². The fraction of sp³-hybridized carbons (Fsp3) is 0.156. The number of carbonyl (C=O) groups is 1. The molecule has 4 aromatic rings. The molecule has 2 N–H and O–H groups in total. The second kappa shape index (κ2) is 8.48. The Hall–Kier alpha value is -4.06. The van der Waals surface area contributed by atoms with Crippen LogP contribution in [0.15, 0.2) is 83.9 Å². The molecule has 1 saturated carbocycles. The summed E-state index contributed by atoms with van der Waals surface area (Å²) in [5, 5.41) is 13.4. The highest BCUT2D eigenvalue weighted by atomic mass is 35.5. The van der Waals surface area contributed by atoms with E-state index in [0.29, 0.717) is 5.02 Å². The molecule has 1 aliphatic carbocycles. The van der Waals surface area contributed by atoms with Gasteiger partial charge in [-0.3, -0.25) is 4.79 Å². The third-order valence-corrected chi connectivity index (χ3v) is 8.54. The number of aliphatic hydroxyl groups excluding tert-OH is 1. The summed E-state index contributed by atoms with van der Waals surface area (Å²) >= 11 is 6.74. The summed E-state index contributed by atoms with van der Waals surface area (Å²) in [6, 6.07) is 26.9. The lowest BCUT2D eigenvalue weighted by Crippen LogP contribution is -2.21. The van der Waals surface area contributed by atoms with Crippen LogP contribution in [0.1, 0.15) is 34.6 Å². The van der Waals surface area contributed by atoms with E-state index >= 15 is 0 Å². The predicted octanol–water partition coefficient (Wildman–Crippen LogP) is 6.57. The van der Waals surface area contributed by atoms with Crippen LogP contribution in [0.2, 0.25) is 5.02 Å². The van der Waals surface area contributed by atoms with Crippen LogP contribution >= 0.6 is 11.6 Å². The number of nitrogens with one attached hydrogen (secondary N) is 1. The Morgan fingerprint density at radius 2 is 1.68 bits per heavy atom. The average Bonchev–Trinajstić information content (AvgIpc) is 3.59. The molecule has 186 valence electrons. The molecule has 0 bridgehead atoms. The summed E-state index contributed by atoms with van der Waals surface area (Å²) < 4.78 is 1.98. The Kier molecular flexibility index (Phi) is 5.15. The number of anilines is 1. The molecule has 3 aliphatic rings. The minimum Gasteiger partial charge on any atom is -0.392 e. The molecule has 2 aliphatic heterocycles. The highest BCUT2D eigenvalue weighted by molar-refractivity contribution is 6.34. The minimum atomic E-state index is -0.586. The van der Waals surface area contributed by atoms with Gasteiger partial charge in [0.25, 0.3) is 0 Å². The standard InChI is InChI=1S/C32H24ClN3O2/c1-19-2-3-23(12-24(19)16-37)28-15-32(28)27-13-26(29(33)14-30(27)35-31(32)38)22-6-4-20(5-7-22)21-8-10-25(11-9-21)36-17-34-18-36/h2-14,17-18,28,37H,15-16H2,1H3/p+1. The first-order chi connectivity index (χ1) is 18.5. The Labute approximate surface area is 225 Å². The maximum atomic E-state index is 13.3. The molecule has 1 fully saturated rings. The van der Waals surface area contributed by atoms with Gasteiger partial charge in [-0.1, -0.05) is 71.2 Å². The van der Waals surface area contributed by atoms with Gasteiger partial charge in [0.05, 0.1) is 17.0 Å². The van der Waals surface area contributed by atoms with Gasteiger partial charge in [-0.2, -0.15) is 0 Å². The monoisotopic (exact) mass is 518 g/mol. The van der Waals surface area contributed by atoms with Gasteiger partial charge in [-0.25, -0.2) is 4.58 Å². The topological polar surface area (TPSA) is 64.7 Å². The third-order valence-electron chi connectivity index (χ3n) is 8.22. The van der Waals surface area contributed by atoms with Gasteiger partial charge in [0.15, 0.2) is 0 Å². The summed E-state index contributed by atoms with van der Waals surface area (Å²) in [6.45, 7) is 1.99. The number of aryl methyl sites for hydroxylation is 1. The maximum absolute atomic E-state index is 13.3. The average molecular weight is 519 g/mol. The van der Waals surface area contributed by atoms with Crippen molar-refractivity contribution < 1.29 is 14.5 Å². The molecule has 0 radical (unpaired) electrons. The zero-order valence-corrected chi connectivity index (χ0v) is 21.5. The first kappa shape index (κ1) is 23.1.